The summed E-state index contributed by atoms with van der Waals surface area (Å²) >= 11 is 3.58. The monoisotopic (exact) mass is 246 g/mol. The van der Waals surface area contributed by atoms with E-state index in [1.165, 1.54) is 19.6 Å². The number of hydrogen-bond donors (Lipinski definition) is 1. The smallest absolute Gasteiger partial charge is 0.0682 e. The number of hydrogen-bond acceptors (Lipinski definition) is 3. The van der Waals surface area contributed by atoms with Crippen LogP contribution in [0.3, 0.4) is 0 Å². The standard InChI is InChI=1S/C13H10OS2/c14-8-9-5-6-12-13(7-9)16-11-4-2-1-3-10(11)15-12/h1-7,14H,8H2. The van der Waals surface area contributed by atoms with E-state index in [9.17, 15) is 0 Å². The van der Waals surface area contributed by atoms with Crippen LogP contribution < -0.4 is 0 Å². The molecule has 0 radical (unpaired) electrons. The predicted molar refractivity (Wildman–Crippen MR) is 67.1 cm³/mol. The lowest BCUT2D eigenvalue weighted by Crippen LogP contribution is -1.91. The molecule has 0 unspecified atom stereocenters. The zero-order valence-electron chi connectivity index (χ0n) is 8.51. The molecule has 3 heteroatoms. The normalized spacial score (nSPS) is 13.1. The Hall–Kier alpha value is -0.900. The maximum atomic E-state index is 9.12. The van der Waals surface area contributed by atoms with E-state index in [0.29, 0.717) is 0 Å². The molecule has 0 fully saturated rings. The second-order valence-corrected chi connectivity index (χ2v) is 5.76. The molecule has 1 heterocycles. The SMILES string of the molecule is OCc1ccc2c(c1)Sc1ccccc1S2. The van der Waals surface area contributed by atoms with Crippen molar-refractivity contribution >= 4 is 23.5 Å². The number of rotatable bonds is 1. The first-order valence-electron chi connectivity index (χ1n) is 5.05. The third-order valence-electron chi connectivity index (χ3n) is 2.48. The predicted octanol–water partition coefficient (Wildman–Crippen LogP) is 3.79. The van der Waals surface area contributed by atoms with Crippen LogP contribution >= 0.6 is 23.5 Å². The van der Waals surface area contributed by atoms with Gasteiger partial charge in [0.25, 0.3) is 0 Å². The van der Waals surface area contributed by atoms with Crippen molar-refractivity contribution in [2.45, 2.75) is 26.2 Å². The molecule has 3 rings (SSSR count). The van der Waals surface area contributed by atoms with Crippen molar-refractivity contribution in [3.05, 3.63) is 48.0 Å². The van der Waals surface area contributed by atoms with E-state index in [1.54, 1.807) is 23.5 Å². The molecule has 2 aromatic rings. The van der Waals surface area contributed by atoms with Crippen molar-refractivity contribution in [2.24, 2.45) is 0 Å². The fourth-order valence-corrected chi connectivity index (χ4v) is 3.95. The second kappa shape index (κ2) is 4.17. The van der Waals surface area contributed by atoms with E-state index < -0.39 is 0 Å². The van der Waals surface area contributed by atoms with Gasteiger partial charge in [0.2, 0.25) is 0 Å². The van der Waals surface area contributed by atoms with Crippen molar-refractivity contribution in [3.63, 3.8) is 0 Å². The van der Waals surface area contributed by atoms with Gasteiger partial charge in [0, 0.05) is 19.6 Å². The van der Waals surface area contributed by atoms with Crippen LogP contribution in [0, 0.1) is 0 Å². The molecule has 1 aliphatic heterocycles. The summed E-state index contributed by atoms with van der Waals surface area (Å²) in [7, 11) is 0. The Morgan fingerprint density at radius 1 is 0.812 bits per heavy atom. The molecule has 1 nitrogen and oxygen atoms in total. The van der Waals surface area contributed by atoms with Crippen molar-refractivity contribution in [1.29, 1.82) is 0 Å². The molecule has 0 spiro atoms. The lowest BCUT2D eigenvalue weighted by Gasteiger charge is -2.18. The molecule has 1 N–H and O–H groups in total. The van der Waals surface area contributed by atoms with Gasteiger partial charge in [-0.1, -0.05) is 41.7 Å². The summed E-state index contributed by atoms with van der Waals surface area (Å²) in [4.78, 5) is 5.14. The number of aliphatic hydroxyl groups is 1. The van der Waals surface area contributed by atoms with E-state index >= 15 is 0 Å². The van der Waals surface area contributed by atoms with Gasteiger partial charge in [-0.3, -0.25) is 0 Å². The molecule has 16 heavy (non-hydrogen) atoms. The van der Waals surface area contributed by atoms with Crippen LogP contribution in [0.4, 0.5) is 0 Å². The highest BCUT2D eigenvalue weighted by atomic mass is 32.2. The van der Waals surface area contributed by atoms with Gasteiger partial charge in [0.05, 0.1) is 6.61 Å². The zero-order valence-corrected chi connectivity index (χ0v) is 10.1. The van der Waals surface area contributed by atoms with Gasteiger partial charge in [0.15, 0.2) is 0 Å². The van der Waals surface area contributed by atoms with E-state index in [1.807, 2.05) is 6.07 Å². The third kappa shape index (κ3) is 1.75. The van der Waals surface area contributed by atoms with Gasteiger partial charge in [-0.15, -0.1) is 0 Å². The molecule has 2 aromatic carbocycles. The Morgan fingerprint density at radius 2 is 1.44 bits per heavy atom. The topological polar surface area (TPSA) is 20.2 Å². The zero-order chi connectivity index (χ0) is 11.0. The summed E-state index contributed by atoms with van der Waals surface area (Å²) in [5.41, 5.74) is 0.978. The van der Waals surface area contributed by atoms with Crippen LogP contribution in [0.2, 0.25) is 0 Å². The summed E-state index contributed by atoms with van der Waals surface area (Å²) in [6, 6.07) is 14.6. The fraction of sp³-hybridized carbons (Fsp3) is 0.0769. The van der Waals surface area contributed by atoms with Crippen molar-refractivity contribution < 1.29 is 5.11 Å². The Kier molecular flexibility index (Phi) is 2.67. The highest BCUT2D eigenvalue weighted by molar-refractivity contribution is 8.05. The minimum Gasteiger partial charge on any atom is -0.392 e. The van der Waals surface area contributed by atoms with E-state index in [2.05, 4.69) is 36.4 Å². The van der Waals surface area contributed by atoms with E-state index in [0.717, 1.165) is 5.56 Å². The van der Waals surface area contributed by atoms with Crippen LogP contribution in [0.1, 0.15) is 5.56 Å². The van der Waals surface area contributed by atoms with Gasteiger partial charge in [-0.2, -0.15) is 0 Å². The lowest BCUT2D eigenvalue weighted by atomic mass is 10.2. The van der Waals surface area contributed by atoms with Crippen LogP contribution in [0.5, 0.6) is 0 Å². The maximum Gasteiger partial charge on any atom is 0.0682 e. The third-order valence-corrected chi connectivity index (χ3v) is 5.02. The van der Waals surface area contributed by atoms with Crippen LogP contribution in [-0.4, -0.2) is 5.11 Å². The average molecular weight is 246 g/mol. The molecular formula is C13H10OS2. The molecule has 1 aliphatic rings. The number of aliphatic hydroxyl groups excluding tert-OH is 1. The molecule has 0 bridgehead atoms. The molecular weight excluding hydrogens is 236 g/mol. The fourth-order valence-electron chi connectivity index (χ4n) is 1.67. The molecule has 0 amide bonds. The first-order valence-corrected chi connectivity index (χ1v) is 6.68. The highest BCUT2D eigenvalue weighted by Gasteiger charge is 2.16. The van der Waals surface area contributed by atoms with Crippen LogP contribution in [-0.2, 0) is 6.61 Å². The van der Waals surface area contributed by atoms with E-state index in [4.69, 9.17) is 5.11 Å². The first kappa shape index (κ1) is 10.3. The summed E-state index contributed by atoms with van der Waals surface area (Å²) < 4.78 is 0. The van der Waals surface area contributed by atoms with Crippen LogP contribution in [0.25, 0.3) is 0 Å². The van der Waals surface area contributed by atoms with E-state index in [-0.39, 0.29) is 6.61 Å². The van der Waals surface area contributed by atoms with Gasteiger partial charge >= 0.3 is 0 Å². The summed E-state index contributed by atoms with van der Waals surface area (Å²) in [6.07, 6.45) is 0. The Balaban J connectivity index is 2.05. The van der Waals surface area contributed by atoms with Gasteiger partial charge in [-0.05, 0) is 29.8 Å². The van der Waals surface area contributed by atoms with Crippen molar-refractivity contribution in [3.8, 4) is 0 Å². The summed E-state index contributed by atoms with van der Waals surface area (Å²) in [6.45, 7) is 0.111. The highest BCUT2D eigenvalue weighted by Crippen LogP contribution is 2.48. The largest absolute Gasteiger partial charge is 0.392 e. The van der Waals surface area contributed by atoms with Gasteiger partial charge in [0.1, 0.15) is 0 Å². The minimum absolute atomic E-state index is 0.111. The quantitative estimate of drug-likeness (QED) is 0.705. The lowest BCUT2D eigenvalue weighted by molar-refractivity contribution is 0.281. The molecule has 0 aromatic heterocycles. The molecule has 0 saturated carbocycles. The first-order chi connectivity index (χ1) is 7.86. The molecule has 0 aliphatic carbocycles. The average Bonchev–Trinajstić information content (AvgIpc) is 2.35. The number of benzene rings is 2. The Labute approximate surface area is 103 Å². The summed E-state index contributed by atoms with van der Waals surface area (Å²) in [5.74, 6) is 0. The van der Waals surface area contributed by atoms with Crippen LogP contribution in [0.15, 0.2) is 62.0 Å². The second-order valence-electron chi connectivity index (χ2n) is 3.59. The Morgan fingerprint density at radius 3 is 2.12 bits per heavy atom. The molecule has 0 saturated heterocycles. The van der Waals surface area contributed by atoms with Crippen molar-refractivity contribution in [2.75, 3.05) is 0 Å². The van der Waals surface area contributed by atoms with Gasteiger partial charge in [-0.25, -0.2) is 0 Å². The maximum absolute atomic E-state index is 9.12. The molecule has 0 atom stereocenters. The molecule has 80 valence electrons. The Bertz CT molecular complexity index is 537. The van der Waals surface area contributed by atoms with Gasteiger partial charge < -0.3 is 5.11 Å². The number of fused-ring (bicyclic) bond motifs is 2. The minimum atomic E-state index is 0.111. The van der Waals surface area contributed by atoms with Crippen molar-refractivity contribution in [1.82, 2.24) is 0 Å². The summed E-state index contributed by atoms with van der Waals surface area (Å²) in [5, 5.41) is 9.12.